The molecule has 0 saturated carbocycles. The summed E-state index contributed by atoms with van der Waals surface area (Å²) in [6.07, 6.45) is 0. The molecule has 0 radical (unpaired) electrons. The topological polar surface area (TPSA) is 52.6 Å². The van der Waals surface area contributed by atoms with Crippen LogP contribution < -0.4 is 0 Å². The number of benzene rings is 2. The van der Waals surface area contributed by atoms with E-state index in [1.807, 2.05) is 24.3 Å². The number of halogens is 1. The van der Waals surface area contributed by atoms with Crippen molar-refractivity contribution in [2.24, 2.45) is 0 Å². The van der Waals surface area contributed by atoms with Crippen LogP contribution in [0.3, 0.4) is 0 Å². The molecule has 0 aliphatic rings. The normalized spacial score (nSPS) is 10.2. The van der Waals surface area contributed by atoms with E-state index in [1.165, 1.54) is 6.07 Å². The van der Waals surface area contributed by atoms with E-state index in [1.54, 1.807) is 26.0 Å². The number of carbonyl (C=O) groups excluding carboxylic acids is 2. The van der Waals surface area contributed by atoms with Crippen molar-refractivity contribution in [2.45, 2.75) is 13.8 Å². The van der Waals surface area contributed by atoms with Crippen molar-refractivity contribution in [2.75, 3.05) is 13.2 Å². The first-order chi connectivity index (χ1) is 11.0. The van der Waals surface area contributed by atoms with Gasteiger partial charge in [-0.05, 0) is 55.3 Å². The number of esters is 2. The summed E-state index contributed by atoms with van der Waals surface area (Å²) in [5.74, 6) is -0.922. The van der Waals surface area contributed by atoms with Crippen LogP contribution in [0, 0.1) is 0 Å². The van der Waals surface area contributed by atoms with Gasteiger partial charge in [-0.2, -0.15) is 0 Å². The Morgan fingerprint density at radius 3 is 1.74 bits per heavy atom. The molecule has 0 aliphatic heterocycles. The maximum Gasteiger partial charge on any atom is 0.338 e. The number of carbonyl (C=O) groups is 2. The van der Waals surface area contributed by atoms with E-state index in [2.05, 4.69) is 15.9 Å². The van der Waals surface area contributed by atoms with Crippen LogP contribution >= 0.6 is 15.9 Å². The first kappa shape index (κ1) is 17.2. The molecule has 0 unspecified atom stereocenters. The molecule has 4 nitrogen and oxygen atoms in total. The van der Waals surface area contributed by atoms with E-state index in [9.17, 15) is 9.59 Å². The zero-order valence-electron chi connectivity index (χ0n) is 13.0. The standard InChI is InChI=1S/C18H17BrO4/c1-3-22-17(20)14-9-13(12-5-7-16(19)8-6-12)10-15(11-14)18(21)23-4-2/h5-11H,3-4H2,1-2H3. The fraction of sp³-hybridized carbons (Fsp3) is 0.222. The number of hydrogen-bond donors (Lipinski definition) is 0. The molecule has 2 aromatic carbocycles. The highest BCUT2D eigenvalue weighted by Crippen LogP contribution is 2.25. The third kappa shape index (κ3) is 4.42. The predicted octanol–water partition coefficient (Wildman–Crippen LogP) is 4.47. The van der Waals surface area contributed by atoms with Gasteiger partial charge in [0.2, 0.25) is 0 Å². The van der Waals surface area contributed by atoms with E-state index in [0.29, 0.717) is 11.1 Å². The molecule has 0 amide bonds. The average Bonchev–Trinajstić information content (AvgIpc) is 2.55. The average molecular weight is 377 g/mol. The van der Waals surface area contributed by atoms with Gasteiger partial charge in [-0.25, -0.2) is 9.59 Å². The molecule has 120 valence electrons. The van der Waals surface area contributed by atoms with Gasteiger partial charge in [0.25, 0.3) is 0 Å². The summed E-state index contributed by atoms with van der Waals surface area (Å²) < 4.78 is 11.0. The van der Waals surface area contributed by atoms with E-state index >= 15 is 0 Å². The second-order valence-electron chi connectivity index (χ2n) is 4.75. The highest BCUT2D eigenvalue weighted by Gasteiger charge is 2.15. The van der Waals surface area contributed by atoms with Crippen LogP contribution in [0.1, 0.15) is 34.6 Å². The molecule has 0 aliphatic carbocycles. The monoisotopic (exact) mass is 376 g/mol. The Morgan fingerprint density at radius 2 is 1.30 bits per heavy atom. The molecular formula is C18H17BrO4. The largest absolute Gasteiger partial charge is 0.462 e. The summed E-state index contributed by atoms with van der Waals surface area (Å²) in [4.78, 5) is 24.1. The van der Waals surface area contributed by atoms with E-state index < -0.39 is 11.9 Å². The lowest BCUT2D eigenvalue weighted by atomic mass is 9.99. The van der Waals surface area contributed by atoms with Gasteiger partial charge in [-0.1, -0.05) is 28.1 Å². The van der Waals surface area contributed by atoms with Crippen molar-refractivity contribution in [3.63, 3.8) is 0 Å². The van der Waals surface area contributed by atoms with Gasteiger partial charge in [0.1, 0.15) is 0 Å². The maximum absolute atomic E-state index is 12.0. The molecule has 0 N–H and O–H groups in total. The lowest BCUT2D eigenvalue weighted by molar-refractivity contribution is 0.0525. The highest BCUT2D eigenvalue weighted by molar-refractivity contribution is 9.10. The minimum absolute atomic E-state index is 0.274. The lowest BCUT2D eigenvalue weighted by Crippen LogP contribution is -2.09. The van der Waals surface area contributed by atoms with Crippen molar-refractivity contribution < 1.29 is 19.1 Å². The van der Waals surface area contributed by atoms with Gasteiger partial charge in [0.05, 0.1) is 24.3 Å². The summed E-state index contributed by atoms with van der Waals surface area (Å²) in [7, 11) is 0. The van der Waals surface area contributed by atoms with Crippen molar-refractivity contribution in [1.29, 1.82) is 0 Å². The lowest BCUT2D eigenvalue weighted by Gasteiger charge is -2.09. The Hall–Kier alpha value is -2.14. The second kappa shape index (κ2) is 7.92. The number of rotatable bonds is 5. The molecular weight excluding hydrogens is 360 g/mol. The molecule has 0 fully saturated rings. The first-order valence-electron chi connectivity index (χ1n) is 7.30. The van der Waals surface area contributed by atoms with Crippen molar-refractivity contribution in [1.82, 2.24) is 0 Å². The van der Waals surface area contributed by atoms with Crippen LogP contribution in [0.25, 0.3) is 11.1 Å². The minimum atomic E-state index is -0.461. The predicted molar refractivity (Wildman–Crippen MR) is 91.5 cm³/mol. The molecule has 0 bridgehead atoms. The van der Waals surface area contributed by atoms with Gasteiger partial charge in [0.15, 0.2) is 0 Å². The fourth-order valence-electron chi connectivity index (χ4n) is 2.10. The summed E-state index contributed by atoms with van der Waals surface area (Å²) in [6.45, 7) is 4.03. The van der Waals surface area contributed by atoms with Crippen LogP contribution in [0.2, 0.25) is 0 Å². The van der Waals surface area contributed by atoms with Crippen molar-refractivity contribution >= 4 is 27.9 Å². The van der Waals surface area contributed by atoms with Gasteiger partial charge >= 0.3 is 11.9 Å². The number of ether oxygens (including phenoxy) is 2. The second-order valence-corrected chi connectivity index (χ2v) is 5.66. The summed E-state index contributed by atoms with van der Waals surface area (Å²) in [5, 5.41) is 0. The Kier molecular flexibility index (Phi) is 5.93. The fourth-order valence-corrected chi connectivity index (χ4v) is 2.37. The summed E-state index contributed by atoms with van der Waals surface area (Å²) in [5.41, 5.74) is 2.31. The molecule has 0 spiro atoms. The Balaban J connectivity index is 2.50. The SMILES string of the molecule is CCOC(=O)c1cc(C(=O)OCC)cc(-c2ccc(Br)cc2)c1. The van der Waals surface area contributed by atoms with Gasteiger partial charge in [0, 0.05) is 4.47 Å². The smallest absolute Gasteiger partial charge is 0.338 e. The van der Waals surface area contributed by atoms with Crippen molar-refractivity contribution in [3.05, 3.63) is 58.1 Å². The Morgan fingerprint density at radius 1 is 0.826 bits per heavy atom. The molecule has 0 saturated heterocycles. The highest BCUT2D eigenvalue weighted by atomic mass is 79.9. The zero-order chi connectivity index (χ0) is 16.8. The summed E-state index contributed by atoms with van der Waals surface area (Å²) in [6, 6.07) is 12.5. The first-order valence-corrected chi connectivity index (χ1v) is 8.09. The van der Waals surface area contributed by atoms with Gasteiger partial charge in [-0.3, -0.25) is 0 Å². The zero-order valence-corrected chi connectivity index (χ0v) is 14.6. The van der Waals surface area contributed by atoms with Crippen LogP contribution in [-0.2, 0) is 9.47 Å². The van der Waals surface area contributed by atoms with E-state index in [-0.39, 0.29) is 13.2 Å². The molecule has 0 heterocycles. The quantitative estimate of drug-likeness (QED) is 0.722. The van der Waals surface area contributed by atoms with Crippen LogP contribution in [-0.4, -0.2) is 25.2 Å². The number of hydrogen-bond acceptors (Lipinski definition) is 4. The Bertz CT molecular complexity index is 671. The van der Waals surface area contributed by atoms with Gasteiger partial charge < -0.3 is 9.47 Å². The third-order valence-electron chi connectivity index (χ3n) is 3.13. The van der Waals surface area contributed by atoms with E-state index in [0.717, 1.165) is 15.6 Å². The van der Waals surface area contributed by atoms with Crippen molar-refractivity contribution in [3.8, 4) is 11.1 Å². The minimum Gasteiger partial charge on any atom is -0.462 e. The molecule has 0 atom stereocenters. The van der Waals surface area contributed by atoms with Crippen LogP contribution in [0.5, 0.6) is 0 Å². The maximum atomic E-state index is 12.0. The molecule has 0 aromatic heterocycles. The van der Waals surface area contributed by atoms with Gasteiger partial charge in [-0.15, -0.1) is 0 Å². The molecule has 2 rings (SSSR count). The van der Waals surface area contributed by atoms with Crippen LogP contribution in [0.4, 0.5) is 0 Å². The third-order valence-corrected chi connectivity index (χ3v) is 3.66. The molecule has 2 aromatic rings. The molecule has 5 heteroatoms. The Labute approximate surface area is 143 Å². The van der Waals surface area contributed by atoms with E-state index in [4.69, 9.17) is 9.47 Å². The van der Waals surface area contributed by atoms with Crippen LogP contribution in [0.15, 0.2) is 46.9 Å². The summed E-state index contributed by atoms with van der Waals surface area (Å²) >= 11 is 3.39. The molecule has 23 heavy (non-hydrogen) atoms.